The molecule has 3 aromatic rings. The number of hydrogen-bond acceptors (Lipinski definition) is 6. The van der Waals surface area contributed by atoms with Crippen LogP contribution in [0.3, 0.4) is 0 Å². The number of tetrazole rings is 1. The van der Waals surface area contributed by atoms with Crippen LogP contribution in [0, 0.1) is 10.1 Å². The molecule has 0 bridgehead atoms. The Morgan fingerprint density at radius 1 is 1.23 bits per heavy atom. The van der Waals surface area contributed by atoms with E-state index in [1.54, 1.807) is 0 Å². The number of nitro groups is 1. The standard InChI is InChI=1S/C14H8ClF3N6O2/c15-10-5-8(14(16,17)18)6-19-12(10)11(13-20-22-23-21-13)7-1-3-9(4-2-7)24(25)26/h1-6,11H,(H,20,21,22,23)/t11-/m0/s1. The molecule has 0 amide bonds. The van der Waals surface area contributed by atoms with E-state index in [0.717, 1.165) is 6.07 Å². The van der Waals surface area contributed by atoms with Gasteiger partial charge in [-0.15, -0.1) is 10.2 Å². The fourth-order valence-electron chi connectivity index (χ4n) is 2.33. The first-order valence-corrected chi connectivity index (χ1v) is 7.35. The maximum absolute atomic E-state index is 12.8. The van der Waals surface area contributed by atoms with Crippen LogP contribution in [-0.2, 0) is 6.18 Å². The average molecular weight is 385 g/mol. The Labute approximate surface area is 148 Å². The van der Waals surface area contributed by atoms with Gasteiger partial charge in [-0.3, -0.25) is 15.1 Å². The summed E-state index contributed by atoms with van der Waals surface area (Å²) in [5.74, 6) is -0.752. The van der Waals surface area contributed by atoms with Crippen LogP contribution in [0.5, 0.6) is 0 Å². The molecule has 0 aliphatic heterocycles. The predicted molar refractivity (Wildman–Crippen MR) is 82.5 cm³/mol. The fourth-order valence-corrected chi connectivity index (χ4v) is 2.60. The number of pyridine rings is 1. The Kier molecular flexibility index (Phi) is 4.55. The second kappa shape index (κ2) is 6.67. The van der Waals surface area contributed by atoms with E-state index in [2.05, 4.69) is 25.6 Å². The molecule has 2 aromatic heterocycles. The molecule has 2 heterocycles. The number of rotatable bonds is 4. The highest BCUT2D eigenvalue weighted by Gasteiger charge is 2.33. The number of nitrogens with one attached hydrogen (secondary N) is 1. The Morgan fingerprint density at radius 2 is 1.92 bits per heavy atom. The van der Waals surface area contributed by atoms with Gasteiger partial charge in [0, 0.05) is 18.3 Å². The van der Waals surface area contributed by atoms with Gasteiger partial charge in [0.25, 0.3) is 5.69 Å². The Bertz CT molecular complexity index is 931. The lowest BCUT2D eigenvalue weighted by Gasteiger charge is -2.16. The third-order valence-electron chi connectivity index (χ3n) is 3.53. The average Bonchev–Trinajstić information content (AvgIpc) is 3.10. The van der Waals surface area contributed by atoms with Crippen molar-refractivity contribution >= 4 is 17.3 Å². The van der Waals surface area contributed by atoms with Crippen molar-refractivity contribution in [2.24, 2.45) is 0 Å². The van der Waals surface area contributed by atoms with Gasteiger partial charge in [0.2, 0.25) is 0 Å². The highest BCUT2D eigenvalue weighted by atomic mass is 35.5. The van der Waals surface area contributed by atoms with Crippen LogP contribution in [0.4, 0.5) is 18.9 Å². The molecule has 8 nitrogen and oxygen atoms in total. The molecule has 0 radical (unpaired) electrons. The van der Waals surface area contributed by atoms with Crippen molar-refractivity contribution in [2.75, 3.05) is 0 Å². The minimum Gasteiger partial charge on any atom is -0.258 e. The summed E-state index contributed by atoms with van der Waals surface area (Å²) in [6.45, 7) is 0. The minimum absolute atomic E-state index is 0.0647. The van der Waals surface area contributed by atoms with Crippen molar-refractivity contribution in [2.45, 2.75) is 12.1 Å². The first kappa shape index (κ1) is 17.7. The normalized spacial score (nSPS) is 12.8. The van der Waals surface area contributed by atoms with Gasteiger partial charge in [0.15, 0.2) is 5.82 Å². The molecule has 0 fully saturated rings. The van der Waals surface area contributed by atoms with Gasteiger partial charge >= 0.3 is 6.18 Å². The molecule has 0 spiro atoms. The molecule has 0 saturated carbocycles. The Morgan fingerprint density at radius 3 is 2.42 bits per heavy atom. The van der Waals surface area contributed by atoms with Gasteiger partial charge in [0.1, 0.15) is 0 Å². The minimum atomic E-state index is -4.59. The van der Waals surface area contributed by atoms with Gasteiger partial charge in [-0.1, -0.05) is 28.9 Å². The maximum atomic E-state index is 12.8. The number of benzene rings is 1. The Hall–Kier alpha value is -3.08. The molecular formula is C14H8ClF3N6O2. The molecule has 134 valence electrons. The summed E-state index contributed by atoms with van der Waals surface area (Å²) < 4.78 is 38.4. The summed E-state index contributed by atoms with van der Waals surface area (Å²) in [6, 6.07) is 6.10. The number of non-ortho nitro benzene ring substituents is 1. The number of aromatic nitrogens is 5. The van der Waals surface area contributed by atoms with Crippen LogP contribution >= 0.6 is 11.6 Å². The van der Waals surface area contributed by atoms with Crippen LogP contribution in [-0.4, -0.2) is 30.5 Å². The lowest BCUT2D eigenvalue weighted by atomic mass is 9.94. The van der Waals surface area contributed by atoms with E-state index >= 15 is 0 Å². The van der Waals surface area contributed by atoms with Gasteiger partial charge in [-0.05, 0) is 11.6 Å². The second-order valence-electron chi connectivity index (χ2n) is 5.14. The predicted octanol–water partition coefficient (Wildman–Crippen LogP) is 3.36. The van der Waals surface area contributed by atoms with E-state index in [9.17, 15) is 23.3 Å². The van der Waals surface area contributed by atoms with Crippen LogP contribution in [0.25, 0.3) is 0 Å². The van der Waals surface area contributed by atoms with Crippen LogP contribution < -0.4 is 0 Å². The molecule has 26 heavy (non-hydrogen) atoms. The zero-order chi connectivity index (χ0) is 18.9. The maximum Gasteiger partial charge on any atom is 0.417 e. The molecular weight excluding hydrogens is 377 g/mol. The van der Waals surface area contributed by atoms with Crippen molar-refractivity contribution in [1.29, 1.82) is 0 Å². The molecule has 1 atom stereocenters. The van der Waals surface area contributed by atoms with E-state index in [1.807, 2.05) is 0 Å². The molecule has 1 aromatic carbocycles. The van der Waals surface area contributed by atoms with Crippen LogP contribution in [0.15, 0.2) is 36.5 Å². The monoisotopic (exact) mass is 384 g/mol. The van der Waals surface area contributed by atoms with E-state index < -0.39 is 22.6 Å². The van der Waals surface area contributed by atoms with Gasteiger partial charge in [-0.2, -0.15) is 18.4 Å². The smallest absolute Gasteiger partial charge is 0.258 e. The van der Waals surface area contributed by atoms with Crippen molar-refractivity contribution < 1.29 is 18.1 Å². The summed E-state index contributed by atoms with van der Waals surface area (Å²) in [6.07, 6.45) is -3.94. The first-order valence-electron chi connectivity index (χ1n) is 6.97. The molecule has 0 unspecified atom stereocenters. The van der Waals surface area contributed by atoms with E-state index in [0.29, 0.717) is 11.8 Å². The molecule has 12 heteroatoms. The zero-order valence-electron chi connectivity index (χ0n) is 12.6. The fraction of sp³-hybridized carbons (Fsp3) is 0.143. The Balaban J connectivity index is 2.10. The zero-order valence-corrected chi connectivity index (χ0v) is 13.4. The van der Waals surface area contributed by atoms with Crippen molar-refractivity contribution in [1.82, 2.24) is 25.6 Å². The summed E-state index contributed by atoms with van der Waals surface area (Å²) in [4.78, 5) is 14.0. The van der Waals surface area contributed by atoms with Crippen molar-refractivity contribution in [3.05, 3.63) is 74.3 Å². The van der Waals surface area contributed by atoms with E-state index in [-0.39, 0.29) is 22.2 Å². The number of halogens is 4. The third-order valence-corrected chi connectivity index (χ3v) is 3.83. The van der Waals surface area contributed by atoms with Crippen molar-refractivity contribution in [3.8, 4) is 0 Å². The highest BCUT2D eigenvalue weighted by Crippen LogP contribution is 2.36. The quantitative estimate of drug-likeness (QED) is 0.545. The summed E-state index contributed by atoms with van der Waals surface area (Å²) in [5.41, 5.74) is -0.630. The van der Waals surface area contributed by atoms with Gasteiger partial charge < -0.3 is 0 Å². The largest absolute Gasteiger partial charge is 0.417 e. The molecule has 3 rings (SSSR count). The van der Waals surface area contributed by atoms with Gasteiger partial charge in [0.05, 0.1) is 27.1 Å². The number of hydrogen-bond donors (Lipinski definition) is 1. The lowest BCUT2D eigenvalue weighted by molar-refractivity contribution is -0.384. The van der Waals surface area contributed by atoms with Crippen LogP contribution in [0.2, 0.25) is 5.02 Å². The number of nitro benzene ring substituents is 1. The molecule has 0 saturated heterocycles. The summed E-state index contributed by atoms with van der Waals surface area (Å²) in [5, 5.41) is 23.9. The van der Waals surface area contributed by atoms with Gasteiger partial charge in [-0.25, -0.2) is 0 Å². The topological polar surface area (TPSA) is 110 Å². The van der Waals surface area contributed by atoms with Crippen LogP contribution in [0.1, 0.15) is 28.6 Å². The number of nitrogens with zero attached hydrogens (tertiary/aromatic N) is 5. The van der Waals surface area contributed by atoms with E-state index in [1.165, 1.54) is 24.3 Å². The number of alkyl halides is 3. The number of H-pyrrole nitrogens is 1. The molecule has 0 aliphatic rings. The molecule has 1 N–H and O–H groups in total. The first-order chi connectivity index (χ1) is 12.3. The lowest BCUT2D eigenvalue weighted by Crippen LogP contribution is -2.11. The number of aromatic amines is 1. The van der Waals surface area contributed by atoms with Crippen molar-refractivity contribution in [3.63, 3.8) is 0 Å². The third kappa shape index (κ3) is 3.47. The second-order valence-corrected chi connectivity index (χ2v) is 5.55. The summed E-state index contributed by atoms with van der Waals surface area (Å²) in [7, 11) is 0. The van der Waals surface area contributed by atoms with E-state index in [4.69, 9.17) is 11.6 Å². The molecule has 0 aliphatic carbocycles. The summed E-state index contributed by atoms with van der Waals surface area (Å²) >= 11 is 6.02. The SMILES string of the molecule is O=[N+]([O-])c1ccc([C@H](c2nn[nH]n2)c2ncc(C(F)(F)F)cc2Cl)cc1. The highest BCUT2D eigenvalue weighted by molar-refractivity contribution is 6.31.